The molecule has 1 aliphatic rings. The van der Waals surface area contributed by atoms with Crippen LogP contribution in [0.2, 0.25) is 0 Å². The van der Waals surface area contributed by atoms with E-state index in [9.17, 15) is 19.1 Å². The molecule has 1 aromatic carbocycles. The van der Waals surface area contributed by atoms with Crippen LogP contribution >= 0.6 is 0 Å². The van der Waals surface area contributed by atoms with Crippen molar-refractivity contribution in [3.05, 3.63) is 63.8 Å². The van der Waals surface area contributed by atoms with Crippen molar-refractivity contribution in [2.45, 2.75) is 27.4 Å². The molecule has 7 nitrogen and oxygen atoms in total. The van der Waals surface area contributed by atoms with E-state index >= 15 is 0 Å². The molecule has 1 fully saturated rings. The molecule has 8 heteroatoms. The third-order valence-corrected chi connectivity index (χ3v) is 4.81. The van der Waals surface area contributed by atoms with E-state index < -0.39 is 11.4 Å². The molecule has 0 bridgehead atoms. The summed E-state index contributed by atoms with van der Waals surface area (Å²) in [6, 6.07) is 7.91. The Bertz CT molecular complexity index is 892. The second-order valence-electron chi connectivity index (χ2n) is 6.68. The molecular formula is C21H28FN3O4. The zero-order chi connectivity index (χ0) is 20.1. The number of ether oxygens (including phenoxy) is 1. The predicted octanol–water partition coefficient (Wildman–Crippen LogP) is 2.65. The van der Waals surface area contributed by atoms with Crippen LogP contribution in [0.3, 0.4) is 0 Å². The van der Waals surface area contributed by atoms with E-state index in [0.717, 1.165) is 0 Å². The van der Waals surface area contributed by atoms with E-state index in [1.165, 1.54) is 10.6 Å². The minimum atomic E-state index is -0.550. The van der Waals surface area contributed by atoms with Crippen molar-refractivity contribution in [1.82, 2.24) is 14.4 Å². The van der Waals surface area contributed by atoms with Crippen LogP contribution in [-0.2, 0) is 17.8 Å². The lowest BCUT2D eigenvalue weighted by atomic mass is 10.2. The summed E-state index contributed by atoms with van der Waals surface area (Å²) in [5.74, 6) is -0.718. The maximum absolute atomic E-state index is 13.8. The normalized spacial score (nSPS) is 14.3. The Hall–Kier alpha value is -2.87. The average molecular weight is 405 g/mol. The van der Waals surface area contributed by atoms with Gasteiger partial charge in [0.05, 0.1) is 13.2 Å². The van der Waals surface area contributed by atoms with Gasteiger partial charge in [-0.25, -0.2) is 9.18 Å². The van der Waals surface area contributed by atoms with Crippen molar-refractivity contribution in [2.75, 3.05) is 32.8 Å². The Morgan fingerprint density at radius 1 is 1.10 bits per heavy atom. The number of hydrogen-bond acceptors (Lipinski definition) is 5. The molecule has 0 radical (unpaired) electrons. The van der Waals surface area contributed by atoms with Gasteiger partial charge in [-0.2, -0.15) is 0 Å². The maximum atomic E-state index is 13.8. The average Bonchev–Trinajstić information content (AvgIpc) is 2.70. The summed E-state index contributed by atoms with van der Waals surface area (Å²) in [4.78, 5) is 27.9. The van der Waals surface area contributed by atoms with E-state index in [-0.39, 0.29) is 25.8 Å². The maximum Gasteiger partial charge on any atom is 0.409 e. The molecule has 0 atom stereocenters. The molecule has 3 rings (SSSR count). The molecule has 0 unspecified atom stereocenters. The van der Waals surface area contributed by atoms with Crippen LogP contribution in [0.4, 0.5) is 9.18 Å². The molecule has 2 heterocycles. The lowest BCUT2D eigenvalue weighted by Gasteiger charge is -2.34. The quantitative estimate of drug-likeness (QED) is 0.828. The van der Waals surface area contributed by atoms with Crippen LogP contribution in [0.5, 0.6) is 5.75 Å². The topological polar surface area (TPSA) is 75.0 Å². The van der Waals surface area contributed by atoms with Crippen molar-refractivity contribution in [1.29, 1.82) is 0 Å². The van der Waals surface area contributed by atoms with Crippen LogP contribution in [0, 0.1) is 5.82 Å². The van der Waals surface area contributed by atoms with Gasteiger partial charge in [0.25, 0.3) is 5.56 Å². The van der Waals surface area contributed by atoms with Crippen LogP contribution in [0.15, 0.2) is 41.3 Å². The summed E-state index contributed by atoms with van der Waals surface area (Å²) in [5.41, 5.74) is 0.345. The summed E-state index contributed by atoms with van der Waals surface area (Å²) in [5, 5.41) is 10.3. The Morgan fingerprint density at radius 3 is 2.45 bits per heavy atom. The van der Waals surface area contributed by atoms with Gasteiger partial charge in [0.1, 0.15) is 5.82 Å². The molecule has 1 N–H and O–H groups in total. The molecule has 0 saturated carbocycles. The lowest BCUT2D eigenvalue weighted by molar-refractivity contribution is 0.0776. The number of piperazine rings is 1. The third kappa shape index (κ3) is 5.35. The molecule has 0 spiro atoms. The summed E-state index contributed by atoms with van der Waals surface area (Å²) in [6.45, 7) is 4.87. The monoisotopic (exact) mass is 405 g/mol. The first kappa shape index (κ1) is 22.4. The van der Waals surface area contributed by atoms with E-state index in [2.05, 4.69) is 4.90 Å². The molecule has 2 aromatic rings. The highest BCUT2D eigenvalue weighted by Crippen LogP contribution is 2.16. The summed E-state index contributed by atoms with van der Waals surface area (Å²) >= 11 is 0. The van der Waals surface area contributed by atoms with Gasteiger partial charge >= 0.3 is 6.09 Å². The van der Waals surface area contributed by atoms with Gasteiger partial charge in [-0.05, 0) is 19.1 Å². The van der Waals surface area contributed by atoms with Gasteiger partial charge in [-0.15, -0.1) is 0 Å². The number of benzene rings is 1. The van der Waals surface area contributed by atoms with Gasteiger partial charge in [0, 0.05) is 50.0 Å². The molecule has 29 heavy (non-hydrogen) atoms. The summed E-state index contributed by atoms with van der Waals surface area (Å²) in [7, 11) is 0. The molecule has 1 amide bonds. The third-order valence-electron chi connectivity index (χ3n) is 4.81. The molecule has 158 valence electrons. The van der Waals surface area contributed by atoms with E-state index in [1.54, 1.807) is 42.3 Å². The van der Waals surface area contributed by atoms with Crippen molar-refractivity contribution in [3.63, 3.8) is 0 Å². The van der Waals surface area contributed by atoms with Crippen LogP contribution < -0.4 is 5.56 Å². The fraction of sp³-hybridized carbons (Fsp3) is 0.429. The Kier molecular flexibility index (Phi) is 7.78. The van der Waals surface area contributed by atoms with Crippen LogP contribution in [0.25, 0.3) is 0 Å². The van der Waals surface area contributed by atoms with Gasteiger partial charge in [-0.3, -0.25) is 9.69 Å². The summed E-state index contributed by atoms with van der Waals surface area (Å²) in [6.07, 6.45) is 1.25. The zero-order valence-electron chi connectivity index (χ0n) is 15.8. The highest BCUT2D eigenvalue weighted by Gasteiger charge is 2.23. The number of rotatable bonds is 5. The number of halogens is 1. The van der Waals surface area contributed by atoms with Crippen molar-refractivity contribution >= 4 is 6.09 Å². The standard InChI is InChI=1S/C20H24FN3O4.CH4/c1-2-28-20(27)23-11-9-22(10-12-23)13-16-7-8-24(19(26)18(16)25)14-15-5-3-4-6-17(15)21;/h3-8,25H,2,9-14H2,1H3;1H4. The fourth-order valence-electron chi connectivity index (χ4n) is 3.21. The molecule has 1 saturated heterocycles. The van der Waals surface area contributed by atoms with Crippen molar-refractivity contribution in [2.24, 2.45) is 0 Å². The molecule has 1 aromatic heterocycles. The molecule has 1 aliphatic heterocycles. The van der Waals surface area contributed by atoms with Gasteiger partial charge in [0.2, 0.25) is 0 Å². The summed E-state index contributed by atoms with van der Waals surface area (Å²) < 4.78 is 20.1. The number of pyridine rings is 1. The zero-order valence-corrected chi connectivity index (χ0v) is 15.8. The highest BCUT2D eigenvalue weighted by molar-refractivity contribution is 5.67. The van der Waals surface area contributed by atoms with E-state index in [1.807, 2.05) is 0 Å². The highest BCUT2D eigenvalue weighted by atomic mass is 19.1. The smallest absolute Gasteiger partial charge is 0.409 e. The Balaban J connectivity index is 0.00000300. The Morgan fingerprint density at radius 2 is 1.79 bits per heavy atom. The number of aromatic nitrogens is 1. The Labute approximate surface area is 169 Å². The SMILES string of the molecule is C.CCOC(=O)N1CCN(Cc2ccn(Cc3ccccc3F)c(=O)c2O)CC1. The van der Waals surface area contributed by atoms with Gasteiger partial charge in [-0.1, -0.05) is 25.6 Å². The van der Waals surface area contributed by atoms with Crippen molar-refractivity contribution < 1.29 is 19.0 Å². The van der Waals surface area contributed by atoms with Gasteiger partial charge in [0.15, 0.2) is 5.75 Å². The number of aromatic hydroxyl groups is 1. The first-order chi connectivity index (χ1) is 13.5. The lowest BCUT2D eigenvalue weighted by Crippen LogP contribution is -2.48. The second kappa shape index (κ2) is 10.1. The number of carbonyl (C=O) groups excluding carboxylic acids is 1. The number of nitrogens with zero attached hydrogens (tertiary/aromatic N) is 3. The second-order valence-corrected chi connectivity index (χ2v) is 6.68. The minimum absolute atomic E-state index is 0. The minimum Gasteiger partial charge on any atom is -0.503 e. The first-order valence-corrected chi connectivity index (χ1v) is 9.28. The number of carbonyl (C=O) groups is 1. The molecule has 0 aliphatic carbocycles. The molecular weight excluding hydrogens is 377 g/mol. The predicted molar refractivity (Wildman–Crippen MR) is 108 cm³/mol. The van der Waals surface area contributed by atoms with Gasteiger partial charge < -0.3 is 19.3 Å². The largest absolute Gasteiger partial charge is 0.503 e. The number of hydrogen-bond donors (Lipinski definition) is 1. The number of amides is 1. The van der Waals surface area contributed by atoms with Crippen LogP contribution in [0.1, 0.15) is 25.5 Å². The fourth-order valence-corrected chi connectivity index (χ4v) is 3.21. The van der Waals surface area contributed by atoms with E-state index in [4.69, 9.17) is 4.74 Å². The van der Waals surface area contributed by atoms with Crippen molar-refractivity contribution in [3.8, 4) is 5.75 Å². The first-order valence-electron chi connectivity index (χ1n) is 9.28. The van der Waals surface area contributed by atoms with E-state index in [0.29, 0.717) is 50.5 Å². The van der Waals surface area contributed by atoms with Crippen LogP contribution in [-0.4, -0.2) is 58.4 Å².